The number of nitrogens with one attached hydrogen (secondary N) is 1. The molecule has 0 aliphatic carbocycles. The number of carbonyl (C=O) groups is 2. The highest BCUT2D eigenvalue weighted by Crippen LogP contribution is 2.16. The van der Waals surface area contributed by atoms with E-state index >= 15 is 0 Å². The largest absolute Gasteiger partial charge is 0.492 e. The van der Waals surface area contributed by atoms with Crippen molar-refractivity contribution in [2.24, 2.45) is 0 Å². The van der Waals surface area contributed by atoms with Crippen molar-refractivity contribution in [1.29, 1.82) is 0 Å². The Kier molecular flexibility index (Phi) is 5.00. The number of hydrogen-bond acceptors (Lipinski definition) is 3. The molecule has 1 aromatic rings. The summed E-state index contributed by atoms with van der Waals surface area (Å²) in [6.07, 6.45) is 0.342. The second kappa shape index (κ2) is 6.74. The van der Waals surface area contributed by atoms with Crippen molar-refractivity contribution >= 4 is 27.7 Å². The molecule has 0 aromatic heterocycles. The molecular weight excluding hydrogens is 324 g/mol. The SMILES string of the molecule is CC1NC(=O)CCN(CCOc2ccc(Br)cc2)C1=O. The van der Waals surface area contributed by atoms with E-state index in [1.807, 2.05) is 24.3 Å². The predicted octanol–water partition coefficient (Wildman–Crippen LogP) is 1.56. The van der Waals surface area contributed by atoms with Gasteiger partial charge in [0, 0.05) is 17.4 Å². The molecule has 0 bridgehead atoms. The van der Waals surface area contributed by atoms with Crippen LogP contribution in [0.15, 0.2) is 28.7 Å². The number of halogens is 1. The Morgan fingerprint density at radius 2 is 2.05 bits per heavy atom. The fraction of sp³-hybridized carbons (Fsp3) is 0.429. The number of benzene rings is 1. The maximum atomic E-state index is 12.0. The van der Waals surface area contributed by atoms with Gasteiger partial charge < -0.3 is 15.0 Å². The summed E-state index contributed by atoms with van der Waals surface area (Å²) in [5, 5.41) is 2.66. The summed E-state index contributed by atoms with van der Waals surface area (Å²) in [4.78, 5) is 25.1. The van der Waals surface area contributed by atoms with Gasteiger partial charge in [0.25, 0.3) is 0 Å². The van der Waals surface area contributed by atoms with E-state index in [-0.39, 0.29) is 11.8 Å². The monoisotopic (exact) mass is 340 g/mol. The van der Waals surface area contributed by atoms with Gasteiger partial charge in [-0.15, -0.1) is 0 Å². The highest BCUT2D eigenvalue weighted by molar-refractivity contribution is 9.10. The maximum absolute atomic E-state index is 12.0. The van der Waals surface area contributed by atoms with E-state index in [2.05, 4.69) is 21.2 Å². The fourth-order valence-corrected chi connectivity index (χ4v) is 2.29. The van der Waals surface area contributed by atoms with E-state index in [1.165, 1.54) is 0 Å². The van der Waals surface area contributed by atoms with E-state index < -0.39 is 6.04 Å². The fourth-order valence-electron chi connectivity index (χ4n) is 2.02. The first-order valence-electron chi connectivity index (χ1n) is 6.53. The number of rotatable bonds is 4. The van der Waals surface area contributed by atoms with Crippen LogP contribution in [0.1, 0.15) is 13.3 Å². The van der Waals surface area contributed by atoms with Gasteiger partial charge in [-0.3, -0.25) is 9.59 Å². The van der Waals surface area contributed by atoms with E-state index in [9.17, 15) is 9.59 Å². The molecule has 1 heterocycles. The predicted molar refractivity (Wildman–Crippen MR) is 78.4 cm³/mol. The van der Waals surface area contributed by atoms with E-state index in [1.54, 1.807) is 11.8 Å². The molecule has 1 aliphatic rings. The van der Waals surface area contributed by atoms with Crippen LogP contribution in [0.2, 0.25) is 0 Å². The third kappa shape index (κ3) is 3.96. The van der Waals surface area contributed by atoms with Gasteiger partial charge in [0.15, 0.2) is 0 Å². The van der Waals surface area contributed by atoms with Crippen LogP contribution < -0.4 is 10.1 Å². The quantitative estimate of drug-likeness (QED) is 0.904. The molecule has 0 radical (unpaired) electrons. The summed E-state index contributed by atoms with van der Waals surface area (Å²) in [7, 11) is 0. The Morgan fingerprint density at radius 3 is 2.75 bits per heavy atom. The number of nitrogens with zero attached hydrogens (tertiary/aromatic N) is 1. The van der Waals surface area contributed by atoms with Crippen molar-refractivity contribution in [2.75, 3.05) is 19.7 Å². The third-order valence-electron chi connectivity index (χ3n) is 3.11. The molecule has 1 aliphatic heterocycles. The molecule has 2 rings (SSSR count). The minimum absolute atomic E-state index is 0.0599. The molecule has 1 unspecified atom stereocenters. The van der Waals surface area contributed by atoms with Crippen molar-refractivity contribution < 1.29 is 14.3 Å². The van der Waals surface area contributed by atoms with Gasteiger partial charge in [0.05, 0.1) is 6.54 Å². The Balaban J connectivity index is 1.84. The molecular formula is C14H17BrN2O3. The lowest BCUT2D eigenvalue weighted by molar-refractivity contribution is -0.133. The number of ether oxygens (including phenoxy) is 1. The highest BCUT2D eigenvalue weighted by atomic mass is 79.9. The first kappa shape index (κ1) is 14.8. The normalized spacial score (nSPS) is 19.5. The summed E-state index contributed by atoms with van der Waals surface area (Å²) in [6, 6.07) is 7.07. The number of amides is 2. The van der Waals surface area contributed by atoms with Crippen LogP contribution in [0.5, 0.6) is 5.75 Å². The lowest BCUT2D eigenvalue weighted by atomic mass is 10.3. The van der Waals surface area contributed by atoms with Crippen LogP contribution in [-0.2, 0) is 9.59 Å². The zero-order chi connectivity index (χ0) is 14.5. The molecule has 20 heavy (non-hydrogen) atoms. The second-order valence-corrected chi connectivity index (χ2v) is 5.58. The minimum Gasteiger partial charge on any atom is -0.492 e. The number of hydrogen-bond donors (Lipinski definition) is 1. The van der Waals surface area contributed by atoms with Gasteiger partial charge in [-0.2, -0.15) is 0 Å². The van der Waals surface area contributed by atoms with Crippen LogP contribution in [0, 0.1) is 0 Å². The first-order chi connectivity index (χ1) is 9.56. The van der Waals surface area contributed by atoms with Crippen molar-refractivity contribution in [3.63, 3.8) is 0 Å². The van der Waals surface area contributed by atoms with E-state index in [0.717, 1.165) is 10.2 Å². The molecule has 1 aromatic carbocycles. The standard InChI is InChI=1S/C14H17BrN2O3/c1-10-14(19)17(7-6-13(18)16-10)8-9-20-12-4-2-11(15)3-5-12/h2-5,10H,6-9H2,1H3,(H,16,18). The molecule has 2 amide bonds. The average Bonchev–Trinajstić information content (AvgIpc) is 2.54. The van der Waals surface area contributed by atoms with Gasteiger partial charge in [-0.25, -0.2) is 0 Å². The summed E-state index contributed by atoms with van der Waals surface area (Å²) in [5.74, 6) is 0.621. The average molecular weight is 341 g/mol. The molecule has 1 atom stereocenters. The molecule has 6 heteroatoms. The van der Waals surface area contributed by atoms with E-state index in [4.69, 9.17) is 4.74 Å². The van der Waals surface area contributed by atoms with Gasteiger partial charge in [0.1, 0.15) is 18.4 Å². The molecule has 1 fully saturated rings. The zero-order valence-electron chi connectivity index (χ0n) is 11.3. The maximum Gasteiger partial charge on any atom is 0.244 e. The molecule has 5 nitrogen and oxygen atoms in total. The Bertz CT molecular complexity index is 490. The lowest BCUT2D eigenvalue weighted by Crippen LogP contribution is -2.43. The number of carbonyl (C=O) groups excluding carboxylic acids is 2. The van der Waals surface area contributed by atoms with Crippen LogP contribution in [0.3, 0.4) is 0 Å². The van der Waals surface area contributed by atoms with Crippen LogP contribution in [-0.4, -0.2) is 42.5 Å². The highest BCUT2D eigenvalue weighted by Gasteiger charge is 2.26. The Hall–Kier alpha value is -1.56. The van der Waals surface area contributed by atoms with Crippen LogP contribution in [0.4, 0.5) is 0 Å². The van der Waals surface area contributed by atoms with Crippen molar-refractivity contribution in [3.05, 3.63) is 28.7 Å². The minimum atomic E-state index is -0.460. The second-order valence-electron chi connectivity index (χ2n) is 4.67. The molecule has 108 valence electrons. The summed E-state index contributed by atoms with van der Waals surface area (Å²) < 4.78 is 6.59. The lowest BCUT2D eigenvalue weighted by Gasteiger charge is -2.22. The third-order valence-corrected chi connectivity index (χ3v) is 3.64. The molecule has 0 saturated carbocycles. The van der Waals surface area contributed by atoms with Gasteiger partial charge in [-0.05, 0) is 31.2 Å². The summed E-state index contributed by atoms with van der Waals surface area (Å²) >= 11 is 3.36. The zero-order valence-corrected chi connectivity index (χ0v) is 12.9. The van der Waals surface area contributed by atoms with Gasteiger partial charge in [-0.1, -0.05) is 15.9 Å². The van der Waals surface area contributed by atoms with Gasteiger partial charge in [0.2, 0.25) is 11.8 Å². The van der Waals surface area contributed by atoms with Gasteiger partial charge >= 0.3 is 0 Å². The van der Waals surface area contributed by atoms with Crippen LogP contribution >= 0.6 is 15.9 Å². The molecule has 1 N–H and O–H groups in total. The molecule has 1 saturated heterocycles. The van der Waals surface area contributed by atoms with Crippen molar-refractivity contribution in [2.45, 2.75) is 19.4 Å². The first-order valence-corrected chi connectivity index (χ1v) is 7.32. The Morgan fingerprint density at radius 1 is 1.35 bits per heavy atom. The molecule has 0 spiro atoms. The van der Waals surface area contributed by atoms with E-state index in [0.29, 0.717) is 26.1 Å². The smallest absolute Gasteiger partial charge is 0.244 e. The Labute approximate surface area is 126 Å². The van der Waals surface area contributed by atoms with Crippen molar-refractivity contribution in [1.82, 2.24) is 10.2 Å². The topological polar surface area (TPSA) is 58.6 Å². The summed E-state index contributed by atoms with van der Waals surface area (Å²) in [6.45, 7) is 3.04. The van der Waals surface area contributed by atoms with Crippen LogP contribution in [0.25, 0.3) is 0 Å². The van der Waals surface area contributed by atoms with Crippen molar-refractivity contribution in [3.8, 4) is 5.75 Å². The summed E-state index contributed by atoms with van der Waals surface area (Å²) in [5.41, 5.74) is 0.